The smallest absolute Gasteiger partial charge is 0.217 e. The van der Waals surface area contributed by atoms with Crippen molar-refractivity contribution >= 4 is 5.91 Å². The maximum atomic E-state index is 12.8. The third kappa shape index (κ3) is 3.82. The number of carbonyl (C=O) groups is 1. The Bertz CT molecular complexity index is 429. The molecule has 1 amide bonds. The number of hydrogen-bond donors (Lipinski definition) is 1. The van der Waals surface area contributed by atoms with Crippen LogP contribution in [0.4, 0.5) is 4.39 Å². The van der Waals surface area contributed by atoms with Crippen molar-refractivity contribution in [1.82, 2.24) is 5.32 Å². The minimum atomic E-state index is -0.301. The highest BCUT2D eigenvalue weighted by Gasteiger charge is 1.95. The lowest BCUT2D eigenvalue weighted by Gasteiger charge is -1.97. The van der Waals surface area contributed by atoms with Crippen molar-refractivity contribution in [3.8, 4) is 11.8 Å². The van der Waals surface area contributed by atoms with Gasteiger partial charge in [0.1, 0.15) is 5.82 Å². The van der Waals surface area contributed by atoms with Crippen molar-refractivity contribution in [2.45, 2.75) is 13.8 Å². The van der Waals surface area contributed by atoms with Crippen LogP contribution in [-0.4, -0.2) is 12.5 Å². The van der Waals surface area contributed by atoms with Crippen LogP contribution in [0.5, 0.6) is 0 Å². The van der Waals surface area contributed by atoms with E-state index in [1.807, 2.05) is 6.92 Å². The Labute approximate surface area is 88.5 Å². The third-order valence-corrected chi connectivity index (χ3v) is 1.85. The molecule has 1 aromatic rings. The molecule has 2 nitrogen and oxygen atoms in total. The van der Waals surface area contributed by atoms with Gasteiger partial charge in [-0.05, 0) is 24.6 Å². The molecule has 0 aliphatic rings. The fraction of sp³-hybridized carbons (Fsp3) is 0.250. The molecule has 0 atom stereocenters. The van der Waals surface area contributed by atoms with Gasteiger partial charge in [0.05, 0.1) is 6.54 Å². The Kier molecular flexibility index (Phi) is 3.87. The molecular formula is C12H12FNO. The van der Waals surface area contributed by atoms with Crippen molar-refractivity contribution in [3.63, 3.8) is 0 Å². The fourth-order valence-electron chi connectivity index (χ4n) is 1.04. The Morgan fingerprint density at radius 3 is 2.93 bits per heavy atom. The molecule has 1 N–H and O–H groups in total. The van der Waals surface area contributed by atoms with E-state index < -0.39 is 0 Å². The van der Waals surface area contributed by atoms with Crippen LogP contribution in [0, 0.1) is 24.6 Å². The van der Waals surface area contributed by atoms with Crippen molar-refractivity contribution in [2.75, 3.05) is 6.54 Å². The summed E-state index contributed by atoms with van der Waals surface area (Å²) in [5.41, 5.74) is 1.58. The van der Waals surface area contributed by atoms with Gasteiger partial charge in [0, 0.05) is 12.5 Å². The maximum absolute atomic E-state index is 12.8. The van der Waals surface area contributed by atoms with Crippen LogP contribution in [0.1, 0.15) is 18.1 Å². The largest absolute Gasteiger partial charge is 0.345 e. The van der Waals surface area contributed by atoms with Crippen LogP contribution in [0.15, 0.2) is 18.2 Å². The summed E-state index contributed by atoms with van der Waals surface area (Å²) in [6.45, 7) is 3.57. The number of carbonyl (C=O) groups excluding carboxylic acids is 1. The molecule has 0 spiro atoms. The second kappa shape index (κ2) is 5.16. The van der Waals surface area contributed by atoms with Crippen LogP contribution in [0.25, 0.3) is 0 Å². The van der Waals surface area contributed by atoms with Crippen LogP contribution in [0.3, 0.4) is 0 Å². The van der Waals surface area contributed by atoms with Crippen LogP contribution < -0.4 is 5.32 Å². The van der Waals surface area contributed by atoms with E-state index in [0.29, 0.717) is 5.56 Å². The molecule has 0 unspecified atom stereocenters. The standard InChI is InChI=1S/C12H12FNO/c1-9-5-6-12(13)8-11(9)4-3-7-14-10(2)15/h5-6,8H,7H2,1-2H3,(H,14,15). The van der Waals surface area contributed by atoms with Gasteiger partial charge in [0.15, 0.2) is 0 Å². The molecule has 0 aliphatic carbocycles. The van der Waals surface area contributed by atoms with Gasteiger partial charge in [-0.2, -0.15) is 0 Å². The molecule has 0 radical (unpaired) electrons. The first kappa shape index (κ1) is 11.3. The van der Waals surface area contributed by atoms with E-state index in [1.54, 1.807) is 6.07 Å². The van der Waals surface area contributed by atoms with Crippen LogP contribution >= 0.6 is 0 Å². The zero-order chi connectivity index (χ0) is 11.3. The van der Waals surface area contributed by atoms with E-state index in [4.69, 9.17) is 0 Å². The summed E-state index contributed by atoms with van der Waals surface area (Å²) >= 11 is 0. The SMILES string of the molecule is CC(=O)NCC#Cc1cc(F)ccc1C. The molecule has 0 fully saturated rings. The molecule has 3 heteroatoms. The maximum Gasteiger partial charge on any atom is 0.217 e. The van der Waals surface area contributed by atoms with Gasteiger partial charge in [-0.15, -0.1) is 0 Å². The average Bonchev–Trinajstić information content (AvgIpc) is 2.17. The Morgan fingerprint density at radius 2 is 2.27 bits per heavy atom. The molecule has 0 saturated carbocycles. The van der Waals surface area contributed by atoms with E-state index in [-0.39, 0.29) is 18.3 Å². The van der Waals surface area contributed by atoms with Gasteiger partial charge in [0.2, 0.25) is 5.91 Å². The summed E-state index contributed by atoms with van der Waals surface area (Å²) in [6, 6.07) is 4.46. The van der Waals surface area contributed by atoms with Gasteiger partial charge < -0.3 is 5.32 Å². The predicted molar refractivity (Wildman–Crippen MR) is 56.7 cm³/mol. The van der Waals surface area contributed by atoms with Gasteiger partial charge in [0.25, 0.3) is 0 Å². The predicted octanol–water partition coefficient (Wildman–Crippen LogP) is 1.62. The fourth-order valence-corrected chi connectivity index (χ4v) is 1.04. The molecule has 0 aromatic heterocycles. The number of aryl methyl sites for hydroxylation is 1. The summed E-state index contributed by atoms with van der Waals surface area (Å²) in [4.78, 5) is 10.5. The highest BCUT2D eigenvalue weighted by molar-refractivity contribution is 5.73. The van der Waals surface area contributed by atoms with Gasteiger partial charge in [-0.3, -0.25) is 4.79 Å². The second-order valence-electron chi connectivity index (χ2n) is 3.17. The van der Waals surface area contributed by atoms with E-state index in [2.05, 4.69) is 17.2 Å². The van der Waals surface area contributed by atoms with Gasteiger partial charge in [-0.25, -0.2) is 4.39 Å². The lowest BCUT2D eigenvalue weighted by molar-refractivity contribution is -0.118. The number of hydrogen-bond acceptors (Lipinski definition) is 1. The summed E-state index contributed by atoms with van der Waals surface area (Å²) in [7, 11) is 0. The molecular weight excluding hydrogens is 193 g/mol. The molecule has 15 heavy (non-hydrogen) atoms. The van der Waals surface area contributed by atoms with Crippen LogP contribution in [-0.2, 0) is 4.79 Å². The highest BCUT2D eigenvalue weighted by atomic mass is 19.1. The van der Waals surface area contributed by atoms with Crippen LogP contribution in [0.2, 0.25) is 0 Å². The zero-order valence-electron chi connectivity index (χ0n) is 8.73. The molecule has 0 heterocycles. The molecule has 1 rings (SSSR count). The first-order valence-electron chi connectivity index (χ1n) is 4.59. The summed E-state index contributed by atoms with van der Waals surface area (Å²) in [5, 5.41) is 2.54. The highest BCUT2D eigenvalue weighted by Crippen LogP contribution is 2.08. The third-order valence-electron chi connectivity index (χ3n) is 1.85. The van der Waals surface area contributed by atoms with E-state index in [0.717, 1.165) is 5.56 Å². The van der Waals surface area contributed by atoms with E-state index in [1.165, 1.54) is 19.1 Å². The van der Waals surface area contributed by atoms with Gasteiger partial charge in [-0.1, -0.05) is 17.9 Å². The number of nitrogens with one attached hydrogen (secondary N) is 1. The topological polar surface area (TPSA) is 29.1 Å². The molecule has 0 saturated heterocycles. The van der Waals surface area contributed by atoms with Gasteiger partial charge >= 0.3 is 0 Å². The molecule has 0 bridgehead atoms. The number of rotatable bonds is 1. The first-order chi connectivity index (χ1) is 7.09. The van der Waals surface area contributed by atoms with E-state index in [9.17, 15) is 9.18 Å². The quantitative estimate of drug-likeness (QED) is 0.693. The second-order valence-corrected chi connectivity index (χ2v) is 3.17. The first-order valence-corrected chi connectivity index (χ1v) is 4.59. The summed E-state index contributed by atoms with van der Waals surface area (Å²) < 4.78 is 12.8. The Balaban J connectivity index is 2.71. The number of amides is 1. The lowest BCUT2D eigenvalue weighted by Crippen LogP contribution is -2.19. The monoisotopic (exact) mass is 205 g/mol. The molecule has 0 aliphatic heterocycles. The normalized spacial score (nSPS) is 9.00. The molecule has 78 valence electrons. The minimum absolute atomic E-state index is 0.125. The zero-order valence-corrected chi connectivity index (χ0v) is 8.73. The Morgan fingerprint density at radius 1 is 1.53 bits per heavy atom. The number of benzene rings is 1. The van der Waals surface area contributed by atoms with E-state index >= 15 is 0 Å². The van der Waals surface area contributed by atoms with Crippen molar-refractivity contribution in [3.05, 3.63) is 35.1 Å². The Hall–Kier alpha value is -1.82. The van der Waals surface area contributed by atoms with Crippen molar-refractivity contribution in [2.24, 2.45) is 0 Å². The minimum Gasteiger partial charge on any atom is -0.345 e. The lowest BCUT2D eigenvalue weighted by atomic mass is 10.1. The summed E-state index contributed by atoms with van der Waals surface area (Å²) in [6.07, 6.45) is 0. The van der Waals surface area contributed by atoms with Crippen molar-refractivity contribution in [1.29, 1.82) is 0 Å². The van der Waals surface area contributed by atoms with Crippen molar-refractivity contribution < 1.29 is 9.18 Å². The molecule has 1 aromatic carbocycles. The summed E-state index contributed by atoms with van der Waals surface area (Å²) in [5.74, 6) is 5.13. The average molecular weight is 205 g/mol. The number of halogens is 1.